The van der Waals surface area contributed by atoms with Crippen LogP contribution in [0.25, 0.3) is 98.7 Å². The van der Waals surface area contributed by atoms with Crippen molar-refractivity contribution < 1.29 is 0 Å². The third kappa shape index (κ3) is 15.1. The summed E-state index contributed by atoms with van der Waals surface area (Å²) in [5, 5.41) is 10.7. The van der Waals surface area contributed by atoms with Crippen LogP contribution in [0.4, 0.5) is 0 Å². The lowest BCUT2D eigenvalue weighted by Crippen LogP contribution is -2.12. The second-order valence-corrected chi connectivity index (χ2v) is 31.6. The molecule has 0 nitrogen and oxygen atoms in total. The molecule has 0 aliphatic carbocycles. The van der Waals surface area contributed by atoms with Crippen LogP contribution in [0.2, 0.25) is 0 Å². The maximum Gasteiger partial charge on any atom is -0.0102 e. The molecule has 0 heterocycles. The van der Waals surface area contributed by atoms with Crippen molar-refractivity contribution in [3.63, 3.8) is 0 Å². The monoisotopic (exact) mass is 1210 g/mol. The molecule has 0 unspecified atom stereocenters. The summed E-state index contributed by atoms with van der Waals surface area (Å²) in [4.78, 5) is 0. The fraction of sp³-hybridized carbons (Fsp3) is 0.304. The van der Waals surface area contributed by atoms with Crippen molar-refractivity contribution >= 4 is 43.1 Å². The van der Waals surface area contributed by atoms with Crippen LogP contribution in [0.15, 0.2) is 231 Å². The molecule has 0 aliphatic rings. The Kier molecular flexibility index (Phi) is 20.2. The zero-order valence-electron chi connectivity index (χ0n) is 57.9. The minimum atomic E-state index is 0. The molecule has 0 saturated heterocycles. The predicted octanol–water partition coefficient (Wildman–Crippen LogP) is 27.7. The Bertz CT molecular complexity index is 4550. The number of aryl methyl sites for hydroxylation is 2. The number of rotatable bonds is 5. The minimum absolute atomic E-state index is 0. The van der Waals surface area contributed by atoms with Gasteiger partial charge in [0.25, 0.3) is 0 Å². The Morgan fingerprint density at radius 3 is 1.00 bits per heavy atom. The van der Waals surface area contributed by atoms with E-state index in [1.165, 1.54) is 143 Å². The van der Waals surface area contributed by atoms with Gasteiger partial charge in [-0.2, -0.15) is 0 Å². The van der Waals surface area contributed by atoms with Crippen molar-refractivity contribution in [1.82, 2.24) is 0 Å². The fourth-order valence-corrected chi connectivity index (χ4v) is 13.3. The van der Waals surface area contributed by atoms with Gasteiger partial charge in [-0.3, -0.25) is 0 Å². The molecule has 474 valence electrons. The second kappa shape index (κ2) is 26.7. The highest BCUT2D eigenvalue weighted by Crippen LogP contribution is 2.42. The third-order valence-corrected chi connectivity index (χ3v) is 18.4. The van der Waals surface area contributed by atoms with E-state index < -0.39 is 0 Å². The van der Waals surface area contributed by atoms with Gasteiger partial charge >= 0.3 is 0 Å². The van der Waals surface area contributed by atoms with Gasteiger partial charge in [0.2, 0.25) is 0 Å². The van der Waals surface area contributed by atoms with Gasteiger partial charge in [0.1, 0.15) is 0 Å². The van der Waals surface area contributed by atoms with Crippen LogP contribution in [0.5, 0.6) is 0 Å². The summed E-state index contributed by atoms with van der Waals surface area (Å²) in [5.41, 5.74) is 24.8. The van der Waals surface area contributed by atoms with Gasteiger partial charge in [-0.25, -0.2) is 0 Å². The van der Waals surface area contributed by atoms with Crippen LogP contribution in [0.1, 0.15) is 184 Å². The highest BCUT2D eigenvalue weighted by molar-refractivity contribution is 6.02. The smallest absolute Gasteiger partial charge is 0.0102 e. The number of fused-ring (bicyclic) bond motifs is 4. The van der Waals surface area contributed by atoms with Crippen LogP contribution in [-0.2, 0) is 32.5 Å². The van der Waals surface area contributed by atoms with Crippen LogP contribution >= 0.6 is 0 Å². The summed E-state index contributed by atoms with van der Waals surface area (Å²) >= 11 is 0. The molecule has 0 amide bonds. The van der Waals surface area contributed by atoms with E-state index in [1.807, 2.05) is 0 Å². The zero-order valence-corrected chi connectivity index (χ0v) is 57.9. The molecule has 0 bridgehead atoms. The molecule has 0 radical (unpaired) electrons. The molecule has 12 rings (SSSR count). The Morgan fingerprint density at radius 2 is 0.511 bits per heavy atom. The number of hydrogen-bond acceptors (Lipinski definition) is 0. The second-order valence-electron chi connectivity index (χ2n) is 31.6. The van der Waals surface area contributed by atoms with E-state index in [-0.39, 0.29) is 47.3 Å². The highest BCUT2D eigenvalue weighted by atomic mass is 14.3. The van der Waals surface area contributed by atoms with Gasteiger partial charge < -0.3 is 0 Å². The van der Waals surface area contributed by atoms with E-state index in [0.717, 1.165) is 0 Å². The van der Waals surface area contributed by atoms with Crippen molar-refractivity contribution in [2.75, 3.05) is 0 Å². The molecule has 0 atom stereocenters. The molecule has 12 aromatic rings. The molecular weight excluding hydrogens is 1110 g/mol. The molecule has 0 aromatic heterocycles. The Morgan fingerprint density at radius 1 is 0.196 bits per heavy atom. The van der Waals surface area contributed by atoms with E-state index in [2.05, 4.69) is 369 Å². The summed E-state index contributed by atoms with van der Waals surface area (Å²) in [6, 6.07) is 85.8. The van der Waals surface area contributed by atoms with Gasteiger partial charge in [-0.05, 0) is 196 Å². The topological polar surface area (TPSA) is 0 Å². The maximum absolute atomic E-state index is 2.35. The molecule has 0 saturated carbocycles. The standard InChI is InChI=1S/C32H36.C30H32.C28H30.2CH4/c1-21-19-24(13-15-25(21)23-14-17-29(22(2)20-23)31(3,4)5)26-16-18-30(32(6,7)8)28-12-10-9-11-27(26)28;1-29(2,3)24-17-15-22(16-18-24)21-11-13-23(14-12-21)25-19-20-28(30(4,5)6)27-10-8-7-9-26(25)27;1-27(2,3)22-16-15-19-17-21(14-13-20(19)18-22)23-9-7-11-25-24(23)10-8-12-26(25)28(4,5)6;;/h9-20H,1-8H3;7-20H,1-6H3;7-18H,1-6H3;2*1H4. The molecule has 0 N–H and O–H groups in total. The van der Waals surface area contributed by atoms with E-state index in [4.69, 9.17) is 0 Å². The third-order valence-electron chi connectivity index (χ3n) is 18.4. The van der Waals surface area contributed by atoms with Gasteiger partial charge in [0.15, 0.2) is 0 Å². The maximum atomic E-state index is 2.35. The first-order valence-electron chi connectivity index (χ1n) is 32.8. The van der Waals surface area contributed by atoms with Crippen molar-refractivity contribution in [1.29, 1.82) is 0 Å². The first-order valence-corrected chi connectivity index (χ1v) is 32.8. The van der Waals surface area contributed by atoms with Gasteiger partial charge in [0.05, 0.1) is 0 Å². The molecular formula is C92H106. The average Bonchev–Trinajstić information content (AvgIpc) is 0.787. The number of benzene rings is 12. The molecule has 92 heavy (non-hydrogen) atoms. The van der Waals surface area contributed by atoms with Crippen LogP contribution in [0, 0.1) is 13.8 Å². The lowest BCUT2D eigenvalue weighted by molar-refractivity contribution is 0.586. The first-order chi connectivity index (χ1) is 42.3. The summed E-state index contributed by atoms with van der Waals surface area (Å²) < 4.78 is 0. The molecule has 0 fully saturated rings. The largest absolute Gasteiger partial charge is 0.0776 e. The SMILES string of the molecule is C.C.CC(C)(C)c1ccc(-c2ccc(-c3ccc(C(C)(C)C)c4ccccc34)cc2)cc1.CC(C)(C)c1ccc2cc(-c3cccc4c(C(C)(C)C)cccc34)ccc2c1.Cc1cc(-c2ccc(C(C)(C)C)c3ccccc23)ccc1-c1ccc(C(C)(C)C)c(C)c1. The normalized spacial score (nSPS) is 12.2. The Balaban J connectivity index is 0.000000176. The fourth-order valence-electron chi connectivity index (χ4n) is 13.3. The molecule has 12 aromatic carbocycles. The van der Waals surface area contributed by atoms with Crippen molar-refractivity contribution in [2.24, 2.45) is 0 Å². The van der Waals surface area contributed by atoms with Gasteiger partial charge in [-0.15, -0.1) is 0 Å². The van der Waals surface area contributed by atoms with Crippen molar-refractivity contribution in [3.05, 3.63) is 275 Å². The van der Waals surface area contributed by atoms with Crippen molar-refractivity contribution in [2.45, 2.75) is 186 Å². The average molecular weight is 1210 g/mol. The lowest BCUT2D eigenvalue weighted by atomic mass is 9.81. The minimum Gasteiger partial charge on any atom is -0.0776 e. The molecule has 0 aliphatic heterocycles. The van der Waals surface area contributed by atoms with Crippen molar-refractivity contribution in [3.8, 4) is 55.6 Å². The number of hydrogen-bond donors (Lipinski definition) is 0. The highest BCUT2D eigenvalue weighted by Gasteiger charge is 2.23. The summed E-state index contributed by atoms with van der Waals surface area (Å²) in [5.74, 6) is 0. The quantitative estimate of drug-likeness (QED) is 0.161. The first kappa shape index (κ1) is 69.6. The van der Waals surface area contributed by atoms with Crippen LogP contribution in [0.3, 0.4) is 0 Å². The summed E-state index contributed by atoms with van der Waals surface area (Å²) in [6.45, 7) is 45.5. The van der Waals surface area contributed by atoms with Crippen LogP contribution in [-0.4, -0.2) is 0 Å². The van der Waals surface area contributed by atoms with E-state index >= 15 is 0 Å². The Hall–Kier alpha value is -8.32. The molecule has 0 heteroatoms. The summed E-state index contributed by atoms with van der Waals surface area (Å²) in [7, 11) is 0. The zero-order chi connectivity index (χ0) is 64.9. The lowest BCUT2D eigenvalue weighted by Gasteiger charge is -2.23. The molecule has 0 spiro atoms. The van der Waals surface area contributed by atoms with Gasteiger partial charge in [0, 0.05) is 0 Å². The van der Waals surface area contributed by atoms with E-state index in [9.17, 15) is 0 Å². The Labute approximate surface area is 556 Å². The predicted molar refractivity (Wildman–Crippen MR) is 412 cm³/mol. The van der Waals surface area contributed by atoms with E-state index in [0.29, 0.717) is 0 Å². The van der Waals surface area contributed by atoms with E-state index in [1.54, 1.807) is 0 Å². The van der Waals surface area contributed by atoms with Gasteiger partial charge in [-0.1, -0.05) is 364 Å². The van der Waals surface area contributed by atoms with Crippen LogP contribution < -0.4 is 0 Å². The summed E-state index contributed by atoms with van der Waals surface area (Å²) in [6.07, 6.45) is 0.